The second kappa shape index (κ2) is 5.71. The van der Waals surface area contributed by atoms with Gasteiger partial charge in [-0.1, -0.05) is 25.4 Å². The molecule has 0 spiro atoms. The van der Waals surface area contributed by atoms with Gasteiger partial charge in [0.05, 0.1) is 11.9 Å². The molecule has 0 amide bonds. The van der Waals surface area contributed by atoms with Crippen molar-refractivity contribution in [2.45, 2.75) is 20.8 Å². The fourth-order valence-corrected chi connectivity index (χ4v) is 1.96. The van der Waals surface area contributed by atoms with Crippen molar-refractivity contribution in [2.24, 2.45) is 18.2 Å². The summed E-state index contributed by atoms with van der Waals surface area (Å²) >= 11 is 6.10. The number of halogens is 1. The molecule has 0 aliphatic rings. The van der Waals surface area contributed by atoms with E-state index in [1.165, 1.54) is 4.68 Å². The van der Waals surface area contributed by atoms with Gasteiger partial charge in [0.15, 0.2) is 0 Å². The summed E-state index contributed by atoms with van der Waals surface area (Å²) in [6, 6.07) is 0. The standard InChI is InChI=1S/C12H21ClN4O/c1-5-17(8-12(2,3)7-14)9-6-15-16(4)11(18)10(9)13/h6H,5,7-8,14H2,1-4H3. The molecule has 0 unspecified atom stereocenters. The fraction of sp³-hybridized carbons (Fsp3) is 0.667. The predicted molar refractivity (Wildman–Crippen MR) is 75.2 cm³/mol. The van der Waals surface area contributed by atoms with Crippen molar-refractivity contribution in [1.29, 1.82) is 0 Å². The number of nitrogens with zero attached hydrogens (tertiary/aromatic N) is 3. The van der Waals surface area contributed by atoms with Crippen LogP contribution in [-0.2, 0) is 7.05 Å². The van der Waals surface area contributed by atoms with E-state index < -0.39 is 0 Å². The van der Waals surface area contributed by atoms with Gasteiger partial charge in [-0.15, -0.1) is 0 Å². The molecular formula is C12H21ClN4O. The van der Waals surface area contributed by atoms with Crippen molar-refractivity contribution in [2.75, 3.05) is 24.5 Å². The zero-order valence-electron chi connectivity index (χ0n) is 11.4. The SMILES string of the molecule is CCN(CC(C)(C)CN)c1cnn(C)c(=O)c1Cl. The van der Waals surface area contributed by atoms with E-state index >= 15 is 0 Å². The maximum Gasteiger partial charge on any atom is 0.287 e. The predicted octanol–water partition coefficient (Wildman–Crippen LogP) is 1.24. The number of nitrogens with two attached hydrogens (primary N) is 1. The minimum absolute atomic E-state index is 0.0413. The first-order valence-electron chi connectivity index (χ1n) is 5.99. The number of hydrogen-bond donors (Lipinski definition) is 1. The number of aryl methyl sites for hydroxylation is 1. The Morgan fingerprint density at radius 2 is 2.17 bits per heavy atom. The van der Waals surface area contributed by atoms with Crippen LogP contribution in [0.4, 0.5) is 5.69 Å². The first kappa shape index (κ1) is 15.0. The van der Waals surface area contributed by atoms with Crippen molar-refractivity contribution >= 4 is 17.3 Å². The zero-order valence-corrected chi connectivity index (χ0v) is 12.2. The van der Waals surface area contributed by atoms with E-state index in [4.69, 9.17) is 17.3 Å². The van der Waals surface area contributed by atoms with Crippen LogP contribution < -0.4 is 16.2 Å². The molecule has 18 heavy (non-hydrogen) atoms. The molecule has 1 aromatic heterocycles. The molecule has 0 aliphatic carbocycles. The van der Waals surface area contributed by atoms with Crippen LogP contribution in [0.5, 0.6) is 0 Å². The second-order valence-electron chi connectivity index (χ2n) is 5.16. The van der Waals surface area contributed by atoms with Gasteiger partial charge in [-0.25, -0.2) is 4.68 Å². The normalized spacial score (nSPS) is 11.7. The lowest BCUT2D eigenvalue weighted by Crippen LogP contribution is -2.39. The number of rotatable bonds is 5. The lowest BCUT2D eigenvalue weighted by atomic mass is 9.93. The fourth-order valence-electron chi connectivity index (χ4n) is 1.67. The van der Waals surface area contributed by atoms with Crippen LogP contribution in [0.15, 0.2) is 11.0 Å². The van der Waals surface area contributed by atoms with Gasteiger partial charge in [0.25, 0.3) is 5.56 Å². The van der Waals surface area contributed by atoms with Crippen molar-refractivity contribution in [3.63, 3.8) is 0 Å². The molecule has 6 heteroatoms. The number of aromatic nitrogens is 2. The lowest BCUT2D eigenvalue weighted by molar-refractivity contribution is 0.379. The van der Waals surface area contributed by atoms with E-state index in [0.29, 0.717) is 12.2 Å². The van der Waals surface area contributed by atoms with Gasteiger partial charge < -0.3 is 10.6 Å². The van der Waals surface area contributed by atoms with E-state index in [0.717, 1.165) is 13.1 Å². The highest BCUT2D eigenvalue weighted by Gasteiger charge is 2.22. The Morgan fingerprint density at radius 3 is 2.67 bits per heavy atom. The van der Waals surface area contributed by atoms with Crippen LogP contribution in [0.25, 0.3) is 0 Å². The molecule has 2 N–H and O–H groups in total. The summed E-state index contributed by atoms with van der Waals surface area (Å²) in [5, 5.41) is 4.22. The van der Waals surface area contributed by atoms with Crippen molar-refractivity contribution < 1.29 is 0 Å². The van der Waals surface area contributed by atoms with Gasteiger partial charge in [-0.3, -0.25) is 4.79 Å². The Bertz CT molecular complexity index is 470. The molecule has 0 saturated heterocycles. The molecule has 0 aromatic carbocycles. The van der Waals surface area contributed by atoms with E-state index in [-0.39, 0.29) is 16.0 Å². The topological polar surface area (TPSA) is 64.2 Å². The summed E-state index contributed by atoms with van der Waals surface area (Å²) in [7, 11) is 1.58. The first-order valence-corrected chi connectivity index (χ1v) is 6.37. The van der Waals surface area contributed by atoms with E-state index in [1.807, 2.05) is 11.8 Å². The molecule has 1 aromatic rings. The zero-order chi connectivity index (χ0) is 13.9. The van der Waals surface area contributed by atoms with Crippen molar-refractivity contribution in [3.05, 3.63) is 21.6 Å². The summed E-state index contributed by atoms with van der Waals surface area (Å²) in [4.78, 5) is 13.8. The van der Waals surface area contributed by atoms with Gasteiger partial charge in [0.1, 0.15) is 5.02 Å². The molecule has 1 heterocycles. The summed E-state index contributed by atoms with van der Waals surface area (Å²) in [5.74, 6) is 0. The first-order chi connectivity index (χ1) is 8.32. The molecule has 0 fully saturated rings. The van der Waals surface area contributed by atoms with Crippen LogP contribution >= 0.6 is 11.6 Å². The van der Waals surface area contributed by atoms with E-state index in [1.54, 1.807) is 13.2 Å². The van der Waals surface area contributed by atoms with Crippen LogP contribution in [0, 0.1) is 5.41 Å². The van der Waals surface area contributed by atoms with Crippen molar-refractivity contribution in [1.82, 2.24) is 9.78 Å². The highest BCUT2D eigenvalue weighted by molar-refractivity contribution is 6.33. The Morgan fingerprint density at radius 1 is 1.56 bits per heavy atom. The molecule has 1 rings (SSSR count). The largest absolute Gasteiger partial charge is 0.369 e. The smallest absolute Gasteiger partial charge is 0.287 e. The summed E-state index contributed by atoms with van der Waals surface area (Å²) in [6.45, 7) is 8.22. The van der Waals surface area contributed by atoms with Crippen LogP contribution in [0.1, 0.15) is 20.8 Å². The molecule has 102 valence electrons. The van der Waals surface area contributed by atoms with Crippen LogP contribution in [-0.4, -0.2) is 29.4 Å². The average Bonchev–Trinajstić information content (AvgIpc) is 2.34. The Hall–Kier alpha value is -1.07. The van der Waals surface area contributed by atoms with Crippen molar-refractivity contribution in [3.8, 4) is 0 Å². The van der Waals surface area contributed by atoms with Crippen LogP contribution in [0.2, 0.25) is 5.02 Å². The van der Waals surface area contributed by atoms with Gasteiger partial charge in [0.2, 0.25) is 0 Å². The molecule has 5 nitrogen and oxygen atoms in total. The van der Waals surface area contributed by atoms with E-state index in [9.17, 15) is 4.79 Å². The quantitative estimate of drug-likeness (QED) is 0.876. The summed E-state index contributed by atoms with van der Waals surface area (Å²) in [6.07, 6.45) is 1.62. The highest BCUT2D eigenvalue weighted by atomic mass is 35.5. The third kappa shape index (κ3) is 3.23. The van der Waals surface area contributed by atoms with Gasteiger partial charge in [0, 0.05) is 20.1 Å². The number of hydrogen-bond acceptors (Lipinski definition) is 4. The number of anilines is 1. The average molecular weight is 273 g/mol. The monoisotopic (exact) mass is 272 g/mol. The Balaban J connectivity index is 3.11. The van der Waals surface area contributed by atoms with E-state index in [2.05, 4.69) is 18.9 Å². The van der Waals surface area contributed by atoms with Gasteiger partial charge in [-0.2, -0.15) is 5.10 Å². The second-order valence-corrected chi connectivity index (χ2v) is 5.53. The minimum atomic E-state index is -0.279. The maximum absolute atomic E-state index is 11.8. The molecule has 0 saturated carbocycles. The third-order valence-corrected chi connectivity index (χ3v) is 3.31. The molecular weight excluding hydrogens is 252 g/mol. The highest BCUT2D eigenvalue weighted by Crippen LogP contribution is 2.24. The Kier molecular flexibility index (Phi) is 4.76. The molecule has 0 atom stereocenters. The molecule has 0 aliphatic heterocycles. The third-order valence-electron chi connectivity index (χ3n) is 2.95. The lowest BCUT2D eigenvalue weighted by Gasteiger charge is -2.32. The van der Waals surface area contributed by atoms with Gasteiger partial charge >= 0.3 is 0 Å². The summed E-state index contributed by atoms with van der Waals surface area (Å²) < 4.78 is 1.23. The Labute approximate surface area is 113 Å². The molecule has 0 bridgehead atoms. The van der Waals surface area contributed by atoms with Gasteiger partial charge in [-0.05, 0) is 18.9 Å². The minimum Gasteiger partial charge on any atom is -0.369 e. The summed E-state index contributed by atoms with van der Waals surface area (Å²) in [5.41, 5.74) is 6.09. The maximum atomic E-state index is 11.8. The molecule has 0 radical (unpaired) electrons. The van der Waals surface area contributed by atoms with Crippen LogP contribution in [0.3, 0.4) is 0 Å².